The minimum atomic E-state index is -0.142. The summed E-state index contributed by atoms with van der Waals surface area (Å²) in [7, 11) is 0. The van der Waals surface area contributed by atoms with Gasteiger partial charge in [-0.15, -0.1) is 0 Å². The van der Waals surface area contributed by atoms with Gasteiger partial charge in [0.1, 0.15) is 6.10 Å². The summed E-state index contributed by atoms with van der Waals surface area (Å²) >= 11 is 0. The van der Waals surface area contributed by atoms with Crippen molar-refractivity contribution in [3.05, 3.63) is 35.9 Å². The van der Waals surface area contributed by atoms with Gasteiger partial charge in [0.15, 0.2) is 5.78 Å². The van der Waals surface area contributed by atoms with Crippen LogP contribution in [-0.4, -0.2) is 18.0 Å². The maximum atomic E-state index is 12.2. The van der Waals surface area contributed by atoms with Gasteiger partial charge in [-0.2, -0.15) is 0 Å². The lowest BCUT2D eigenvalue weighted by Crippen LogP contribution is -2.17. The standard InChI is InChI=1S/C16H22O2/c1-3-4-6-11-14-16(18-14)15(17)12(2)13-9-7-5-8-10-13/h5,7-10,12,14,16H,3-4,6,11H2,1-2H3. The quantitative estimate of drug-likeness (QED) is 0.542. The molecule has 2 rings (SSSR count). The molecule has 3 unspecified atom stereocenters. The van der Waals surface area contributed by atoms with Crippen LogP contribution in [0.5, 0.6) is 0 Å². The number of unbranched alkanes of at least 4 members (excludes halogenated alkanes) is 2. The van der Waals surface area contributed by atoms with Gasteiger partial charge in [0.2, 0.25) is 0 Å². The van der Waals surface area contributed by atoms with Crippen LogP contribution in [0, 0.1) is 0 Å². The molecule has 0 spiro atoms. The van der Waals surface area contributed by atoms with Crippen molar-refractivity contribution in [2.24, 2.45) is 0 Å². The highest BCUT2D eigenvalue weighted by molar-refractivity contribution is 5.91. The Balaban J connectivity index is 1.83. The summed E-state index contributed by atoms with van der Waals surface area (Å²) in [6.45, 7) is 4.16. The molecular weight excluding hydrogens is 224 g/mol. The number of ketones is 1. The molecule has 0 aliphatic carbocycles. The van der Waals surface area contributed by atoms with E-state index < -0.39 is 0 Å². The molecular formula is C16H22O2. The minimum Gasteiger partial charge on any atom is -0.361 e. The van der Waals surface area contributed by atoms with Crippen LogP contribution in [-0.2, 0) is 9.53 Å². The third kappa shape index (κ3) is 3.20. The highest BCUT2D eigenvalue weighted by atomic mass is 16.6. The molecule has 0 N–H and O–H groups in total. The summed E-state index contributed by atoms with van der Waals surface area (Å²) in [6, 6.07) is 9.95. The lowest BCUT2D eigenvalue weighted by atomic mass is 9.93. The number of Topliss-reactive ketones (excluding diaryl/α,β-unsaturated/α-hetero) is 1. The molecule has 0 aromatic heterocycles. The number of hydrogen-bond donors (Lipinski definition) is 0. The van der Waals surface area contributed by atoms with Gasteiger partial charge in [0.25, 0.3) is 0 Å². The first-order valence-electron chi connectivity index (χ1n) is 6.98. The van der Waals surface area contributed by atoms with E-state index in [0.29, 0.717) is 0 Å². The normalized spacial score (nSPS) is 23.7. The second-order valence-corrected chi connectivity index (χ2v) is 5.13. The Bertz CT molecular complexity index is 385. The Morgan fingerprint density at radius 1 is 1.28 bits per heavy atom. The summed E-state index contributed by atoms with van der Waals surface area (Å²) in [6.07, 6.45) is 4.70. The first-order valence-corrected chi connectivity index (χ1v) is 6.98. The molecule has 0 radical (unpaired) electrons. The van der Waals surface area contributed by atoms with Gasteiger partial charge in [-0.3, -0.25) is 4.79 Å². The number of carbonyl (C=O) groups excluding carboxylic acids is 1. The molecule has 2 heteroatoms. The summed E-state index contributed by atoms with van der Waals surface area (Å²) < 4.78 is 5.52. The predicted octanol–water partition coefficient (Wildman–Crippen LogP) is 3.71. The third-order valence-corrected chi connectivity index (χ3v) is 3.68. The van der Waals surface area contributed by atoms with Crippen molar-refractivity contribution in [3.8, 4) is 0 Å². The molecule has 1 aliphatic rings. The zero-order valence-corrected chi connectivity index (χ0v) is 11.3. The first kappa shape index (κ1) is 13.3. The molecule has 3 atom stereocenters. The van der Waals surface area contributed by atoms with Gasteiger partial charge in [-0.05, 0) is 12.0 Å². The summed E-state index contributed by atoms with van der Waals surface area (Å²) in [5.41, 5.74) is 1.09. The van der Waals surface area contributed by atoms with Crippen LogP contribution in [0.1, 0.15) is 51.0 Å². The molecule has 1 aromatic carbocycles. The van der Waals surface area contributed by atoms with Crippen LogP contribution >= 0.6 is 0 Å². The molecule has 0 amide bonds. The molecule has 1 aliphatic heterocycles. The molecule has 1 heterocycles. The van der Waals surface area contributed by atoms with E-state index >= 15 is 0 Å². The highest BCUT2D eigenvalue weighted by Gasteiger charge is 2.45. The van der Waals surface area contributed by atoms with Crippen molar-refractivity contribution >= 4 is 5.78 Å². The molecule has 1 aromatic rings. The summed E-state index contributed by atoms with van der Waals surface area (Å²) in [5, 5.41) is 0. The van der Waals surface area contributed by atoms with Crippen molar-refractivity contribution in [2.75, 3.05) is 0 Å². The lowest BCUT2D eigenvalue weighted by Gasteiger charge is -2.08. The van der Waals surface area contributed by atoms with Crippen LogP contribution in [0.15, 0.2) is 30.3 Å². The van der Waals surface area contributed by atoms with Crippen molar-refractivity contribution < 1.29 is 9.53 Å². The van der Waals surface area contributed by atoms with Gasteiger partial charge in [-0.25, -0.2) is 0 Å². The van der Waals surface area contributed by atoms with Crippen molar-refractivity contribution in [3.63, 3.8) is 0 Å². The molecule has 1 fully saturated rings. The number of benzene rings is 1. The second-order valence-electron chi connectivity index (χ2n) is 5.13. The fourth-order valence-corrected chi connectivity index (χ4v) is 2.36. The maximum absolute atomic E-state index is 12.2. The Morgan fingerprint density at radius 2 is 2.00 bits per heavy atom. The van der Waals surface area contributed by atoms with Crippen molar-refractivity contribution in [1.29, 1.82) is 0 Å². The van der Waals surface area contributed by atoms with Gasteiger partial charge in [0, 0.05) is 5.92 Å². The molecule has 0 bridgehead atoms. The van der Waals surface area contributed by atoms with E-state index in [9.17, 15) is 4.79 Å². The van der Waals surface area contributed by atoms with E-state index in [1.54, 1.807) is 0 Å². The zero-order chi connectivity index (χ0) is 13.0. The minimum absolute atomic E-state index is 0.0487. The van der Waals surface area contributed by atoms with Crippen molar-refractivity contribution in [2.45, 2.75) is 57.7 Å². The number of hydrogen-bond acceptors (Lipinski definition) is 2. The summed E-state index contributed by atoms with van der Waals surface area (Å²) in [4.78, 5) is 12.2. The van der Waals surface area contributed by atoms with Crippen LogP contribution in [0.25, 0.3) is 0 Å². The van der Waals surface area contributed by atoms with Crippen LogP contribution in [0.2, 0.25) is 0 Å². The van der Waals surface area contributed by atoms with Gasteiger partial charge in [-0.1, -0.05) is 63.4 Å². The monoisotopic (exact) mass is 246 g/mol. The average molecular weight is 246 g/mol. The lowest BCUT2D eigenvalue weighted by molar-refractivity contribution is -0.121. The number of rotatable bonds is 7. The topological polar surface area (TPSA) is 29.6 Å². The Hall–Kier alpha value is -1.15. The van der Waals surface area contributed by atoms with E-state index in [4.69, 9.17) is 4.74 Å². The summed E-state index contributed by atoms with van der Waals surface area (Å²) in [5.74, 6) is 0.190. The number of epoxide rings is 1. The Kier molecular flexibility index (Phi) is 4.54. The second kappa shape index (κ2) is 6.14. The van der Waals surface area contributed by atoms with E-state index in [1.165, 1.54) is 19.3 Å². The average Bonchev–Trinajstić information content (AvgIpc) is 3.18. The van der Waals surface area contributed by atoms with E-state index in [1.807, 2.05) is 37.3 Å². The number of ether oxygens (including phenoxy) is 1. The van der Waals surface area contributed by atoms with E-state index in [2.05, 4.69) is 6.92 Å². The van der Waals surface area contributed by atoms with Crippen LogP contribution in [0.3, 0.4) is 0 Å². The largest absolute Gasteiger partial charge is 0.361 e. The Labute approximate surface area is 109 Å². The molecule has 0 saturated carbocycles. The Morgan fingerprint density at radius 3 is 2.67 bits per heavy atom. The first-order chi connectivity index (χ1) is 8.74. The van der Waals surface area contributed by atoms with E-state index in [-0.39, 0.29) is 23.9 Å². The number of carbonyl (C=O) groups is 1. The van der Waals surface area contributed by atoms with E-state index in [0.717, 1.165) is 12.0 Å². The van der Waals surface area contributed by atoms with Crippen molar-refractivity contribution in [1.82, 2.24) is 0 Å². The SMILES string of the molecule is CCCCCC1OC1C(=O)C(C)c1ccccc1. The maximum Gasteiger partial charge on any atom is 0.171 e. The van der Waals surface area contributed by atoms with Gasteiger partial charge >= 0.3 is 0 Å². The molecule has 18 heavy (non-hydrogen) atoms. The fourth-order valence-electron chi connectivity index (χ4n) is 2.36. The fraction of sp³-hybridized carbons (Fsp3) is 0.562. The molecule has 98 valence electrons. The predicted molar refractivity (Wildman–Crippen MR) is 72.7 cm³/mol. The van der Waals surface area contributed by atoms with Gasteiger partial charge < -0.3 is 4.74 Å². The smallest absolute Gasteiger partial charge is 0.171 e. The third-order valence-electron chi connectivity index (χ3n) is 3.68. The van der Waals surface area contributed by atoms with Crippen LogP contribution < -0.4 is 0 Å². The zero-order valence-electron chi connectivity index (χ0n) is 11.3. The van der Waals surface area contributed by atoms with Gasteiger partial charge in [0.05, 0.1) is 6.10 Å². The molecule has 2 nitrogen and oxygen atoms in total. The van der Waals surface area contributed by atoms with Crippen LogP contribution in [0.4, 0.5) is 0 Å². The molecule has 1 saturated heterocycles. The highest BCUT2D eigenvalue weighted by Crippen LogP contribution is 2.32.